The van der Waals surface area contributed by atoms with Crippen molar-refractivity contribution in [2.45, 2.75) is 0 Å². The molecule has 0 bridgehead atoms. The van der Waals surface area contributed by atoms with Crippen LogP contribution in [-0.2, 0) is 0 Å². The van der Waals surface area contributed by atoms with Crippen molar-refractivity contribution < 1.29 is 4.39 Å². The smallest absolute Gasteiger partial charge is 0.159 e. The Morgan fingerprint density at radius 3 is 2.52 bits per heavy atom. The molecular formula is C22H13FN8. The van der Waals surface area contributed by atoms with Crippen molar-refractivity contribution in [3.8, 4) is 33.9 Å². The van der Waals surface area contributed by atoms with Gasteiger partial charge in [0.15, 0.2) is 5.82 Å². The molecule has 0 saturated heterocycles. The van der Waals surface area contributed by atoms with Crippen LogP contribution in [0.15, 0.2) is 67.6 Å². The molecule has 0 radical (unpaired) electrons. The first-order chi connectivity index (χ1) is 15.3. The first kappa shape index (κ1) is 17.3. The highest BCUT2D eigenvalue weighted by molar-refractivity contribution is 5.98. The topological polar surface area (TPSA) is 109 Å². The molecule has 6 aromatic rings. The summed E-state index contributed by atoms with van der Waals surface area (Å²) < 4.78 is 15.6. The van der Waals surface area contributed by atoms with Crippen LogP contribution in [0.5, 0.6) is 0 Å². The van der Waals surface area contributed by atoms with Gasteiger partial charge in [0, 0.05) is 47.7 Å². The quantitative estimate of drug-likeness (QED) is 0.455. The predicted molar refractivity (Wildman–Crippen MR) is 113 cm³/mol. The predicted octanol–water partition coefficient (Wildman–Crippen LogP) is 4.16. The number of H-pyrrole nitrogens is 2. The third kappa shape index (κ3) is 2.75. The van der Waals surface area contributed by atoms with E-state index in [0.29, 0.717) is 44.8 Å². The minimum Gasteiger partial charge on any atom is -0.336 e. The second-order valence-corrected chi connectivity index (χ2v) is 6.93. The number of halogens is 1. The maximum absolute atomic E-state index is 15.6. The molecular weight excluding hydrogens is 395 g/mol. The number of hydrogen-bond donors (Lipinski definition) is 2. The first-order valence-corrected chi connectivity index (χ1v) is 9.47. The molecule has 148 valence electrons. The van der Waals surface area contributed by atoms with Crippen molar-refractivity contribution in [2.75, 3.05) is 0 Å². The fourth-order valence-electron chi connectivity index (χ4n) is 3.67. The standard InChI is InChI=1S/C22H13FN8/c23-18-14(13-9-25-11-26-10-13)3-4-15-17(18)21(31-30-15)22-28-16-5-7-27-19(20(16)29-22)12-2-1-6-24-8-12/h1-11H,(H,28,29)(H,30,31). The lowest BCUT2D eigenvalue weighted by Crippen LogP contribution is -1.90. The third-order valence-electron chi connectivity index (χ3n) is 5.10. The Balaban J connectivity index is 1.56. The van der Waals surface area contributed by atoms with Crippen molar-refractivity contribution in [3.63, 3.8) is 0 Å². The van der Waals surface area contributed by atoms with Crippen molar-refractivity contribution >= 4 is 21.9 Å². The van der Waals surface area contributed by atoms with Crippen LogP contribution in [0.1, 0.15) is 0 Å². The van der Waals surface area contributed by atoms with Gasteiger partial charge in [-0.3, -0.25) is 15.1 Å². The zero-order chi connectivity index (χ0) is 20.8. The van der Waals surface area contributed by atoms with Gasteiger partial charge in [-0.1, -0.05) is 0 Å². The van der Waals surface area contributed by atoms with E-state index in [4.69, 9.17) is 4.98 Å². The zero-order valence-corrected chi connectivity index (χ0v) is 15.9. The Morgan fingerprint density at radius 1 is 0.806 bits per heavy atom. The van der Waals surface area contributed by atoms with Crippen LogP contribution in [-0.4, -0.2) is 40.1 Å². The Labute approximate surface area is 174 Å². The minimum atomic E-state index is -0.415. The highest BCUT2D eigenvalue weighted by atomic mass is 19.1. The molecule has 0 unspecified atom stereocenters. The molecule has 2 N–H and O–H groups in total. The van der Waals surface area contributed by atoms with Crippen LogP contribution >= 0.6 is 0 Å². The van der Waals surface area contributed by atoms with E-state index in [-0.39, 0.29) is 0 Å². The highest BCUT2D eigenvalue weighted by Crippen LogP contribution is 2.34. The van der Waals surface area contributed by atoms with Gasteiger partial charge in [-0.2, -0.15) is 5.10 Å². The number of benzene rings is 1. The van der Waals surface area contributed by atoms with Crippen LogP contribution < -0.4 is 0 Å². The number of nitrogens with one attached hydrogen (secondary N) is 2. The summed E-state index contributed by atoms with van der Waals surface area (Å²) in [5.41, 5.74) is 4.90. The highest BCUT2D eigenvalue weighted by Gasteiger charge is 2.20. The number of aromatic nitrogens is 8. The second kappa shape index (κ2) is 6.77. The van der Waals surface area contributed by atoms with Crippen molar-refractivity contribution in [1.29, 1.82) is 0 Å². The number of hydrogen-bond acceptors (Lipinski definition) is 6. The Morgan fingerprint density at radius 2 is 1.68 bits per heavy atom. The fraction of sp³-hybridized carbons (Fsp3) is 0. The number of rotatable bonds is 3. The summed E-state index contributed by atoms with van der Waals surface area (Å²) in [6, 6.07) is 9.04. The van der Waals surface area contributed by atoms with Gasteiger partial charge in [0.05, 0.1) is 22.1 Å². The number of imidazole rings is 1. The molecule has 31 heavy (non-hydrogen) atoms. The van der Waals surface area contributed by atoms with E-state index in [9.17, 15) is 0 Å². The average molecular weight is 408 g/mol. The molecule has 5 aromatic heterocycles. The molecule has 0 aliphatic heterocycles. The van der Waals surface area contributed by atoms with Gasteiger partial charge >= 0.3 is 0 Å². The lowest BCUT2D eigenvalue weighted by Gasteiger charge is -2.04. The maximum Gasteiger partial charge on any atom is 0.159 e. The molecule has 0 amide bonds. The molecule has 0 spiro atoms. The number of fused-ring (bicyclic) bond motifs is 2. The average Bonchev–Trinajstić information content (AvgIpc) is 3.45. The van der Waals surface area contributed by atoms with Crippen molar-refractivity contribution in [2.24, 2.45) is 0 Å². The Hall–Kier alpha value is -4.53. The van der Waals surface area contributed by atoms with Crippen LogP contribution in [0.4, 0.5) is 4.39 Å². The summed E-state index contributed by atoms with van der Waals surface area (Å²) in [5, 5.41) is 7.57. The van der Waals surface area contributed by atoms with E-state index in [1.807, 2.05) is 18.2 Å². The van der Waals surface area contributed by atoms with E-state index in [1.165, 1.54) is 6.33 Å². The molecule has 9 heteroatoms. The molecule has 5 heterocycles. The van der Waals surface area contributed by atoms with Crippen LogP contribution in [0.3, 0.4) is 0 Å². The summed E-state index contributed by atoms with van der Waals surface area (Å²) in [6.07, 6.45) is 9.69. The monoisotopic (exact) mass is 408 g/mol. The number of aromatic amines is 2. The molecule has 0 aliphatic carbocycles. The van der Waals surface area contributed by atoms with Gasteiger partial charge in [-0.05, 0) is 30.3 Å². The van der Waals surface area contributed by atoms with Gasteiger partial charge in [-0.15, -0.1) is 0 Å². The molecule has 1 aromatic carbocycles. The minimum absolute atomic E-state index is 0.344. The molecule has 8 nitrogen and oxygen atoms in total. The molecule has 0 saturated carbocycles. The van der Waals surface area contributed by atoms with E-state index in [0.717, 1.165) is 11.1 Å². The molecule has 6 rings (SSSR count). The van der Waals surface area contributed by atoms with Gasteiger partial charge in [0.25, 0.3) is 0 Å². The summed E-state index contributed by atoms with van der Waals surface area (Å²) in [6.45, 7) is 0. The van der Waals surface area contributed by atoms with E-state index >= 15 is 4.39 Å². The van der Waals surface area contributed by atoms with Gasteiger partial charge in [0.1, 0.15) is 23.4 Å². The third-order valence-corrected chi connectivity index (χ3v) is 5.10. The SMILES string of the molecule is Fc1c(-c2cncnc2)ccc2[nH]nc(-c3nc4c(-c5cccnc5)nccc4[nH]3)c12. The fourth-order valence-corrected chi connectivity index (χ4v) is 3.67. The van der Waals surface area contributed by atoms with Gasteiger partial charge < -0.3 is 4.98 Å². The molecule has 0 aliphatic rings. The van der Waals surface area contributed by atoms with Crippen molar-refractivity contribution in [3.05, 3.63) is 73.5 Å². The second-order valence-electron chi connectivity index (χ2n) is 6.93. The maximum atomic E-state index is 15.6. The van der Waals surface area contributed by atoms with Gasteiger partial charge in [0.2, 0.25) is 0 Å². The van der Waals surface area contributed by atoms with Gasteiger partial charge in [-0.25, -0.2) is 19.3 Å². The molecule has 0 fully saturated rings. The van der Waals surface area contributed by atoms with E-state index < -0.39 is 5.82 Å². The van der Waals surface area contributed by atoms with Crippen LogP contribution in [0, 0.1) is 5.82 Å². The Bertz CT molecular complexity index is 1540. The Kier molecular flexibility index (Phi) is 3.79. The lowest BCUT2D eigenvalue weighted by atomic mass is 10.0. The van der Waals surface area contributed by atoms with E-state index in [2.05, 4.69) is 35.1 Å². The summed E-state index contributed by atoms with van der Waals surface area (Å²) >= 11 is 0. The van der Waals surface area contributed by atoms with Crippen LogP contribution in [0.2, 0.25) is 0 Å². The summed E-state index contributed by atoms with van der Waals surface area (Å²) in [7, 11) is 0. The largest absolute Gasteiger partial charge is 0.336 e. The number of nitrogens with zero attached hydrogens (tertiary/aromatic N) is 6. The summed E-state index contributed by atoms with van der Waals surface area (Å²) in [4.78, 5) is 24.5. The number of pyridine rings is 2. The lowest BCUT2D eigenvalue weighted by molar-refractivity contribution is 0.643. The summed E-state index contributed by atoms with van der Waals surface area (Å²) in [5.74, 6) is 0.0295. The zero-order valence-electron chi connectivity index (χ0n) is 15.9. The first-order valence-electron chi connectivity index (χ1n) is 9.47. The normalized spacial score (nSPS) is 11.4. The van der Waals surface area contributed by atoms with Crippen molar-refractivity contribution in [1.82, 2.24) is 40.1 Å². The van der Waals surface area contributed by atoms with E-state index in [1.54, 1.807) is 43.1 Å². The van der Waals surface area contributed by atoms with Crippen LogP contribution in [0.25, 0.3) is 55.8 Å². The molecule has 0 atom stereocenters.